The SMILES string of the molecule is C=C(/C=C\C(C)=C\CC)CNc1ncnc2c(OC)cc(-c3ccc(C)cn3)cc12.CC. The van der Waals surface area contributed by atoms with Gasteiger partial charge in [0.05, 0.1) is 12.8 Å². The van der Waals surface area contributed by atoms with Gasteiger partial charge in [-0.3, -0.25) is 4.98 Å². The van der Waals surface area contributed by atoms with Crippen molar-refractivity contribution in [2.45, 2.75) is 41.0 Å². The van der Waals surface area contributed by atoms with Crippen molar-refractivity contribution in [3.8, 4) is 17.0 Å². The van der Waals surface area contributed by atoms with Gasteiger partial charge >= 0.3 is 0 Å². The van der Waals surface area contributed by atoms with Gasteiger partial charge in [-0.2, -0.15) is 0 Å². The second kappa shape index (κ2) is 12.4. The number of fused-ring (bicyclic) bond motifs is 1. The Morgan fingerprint density at radius 2 is 1.91 bits per heavy atom. The number of rotatable bonds is 8. The van der Waals surface area contributed by atoms with E-state index in [1.807, 2.05) is 57.3 Å². The molecule has 5 heteroatoms. The Morgan fingerprint density at radius 1 is 1.12 bits per heavy atom. The van der Waals surface area contributed by atoms with Gasteiger partial charge in [0.2, 0.25) is 0 Å². The quantitative estimate of drug-likeness (QED) is 0.393. The van der Waals surface area contributed by atoms with Crippen LogP contribution in [0.5, 0.6) is 5.75 Å². The van der Waals surface area contributed by atoms with Crippen LogP contribution in [0.4, 0.5) is 5.82 Å². The minimum Gasteiger partial charge on any atom is -0.494 e. The highest BCUT2D eigenvalue weighted by Gasteiger charge is 2.12. The summed E-state index contributed by atoms with van der Waals surface area (Å²) in [5.41, 5.74) is 5.90. The fourth-order valence-electron chi connectivity index (χ4n) is 3.11. The minimum absolute atomic E-state index is 0.581. The first-order chi connectivity index (χ1) is 15.5. The van der Waals surface area contributed by atoms with Gasteiger partial charge in [-0.25, -0.2) is 9.97 Å². The van der Waals surface area contributed by atoms with E-state index in [0.29, 0.717) is 12.3 Å². The second-order valence-corrected chi connectivity index (χ2v) is 7.22. The van der Waals surface area contributed by atoms with Crippen LogP contribution < -0.4 is 10.1 Å². The van der Waals surface area contributed by atoms with Crippen LogP contribution in [0.15, 0.2) is 72.7 Å². The molecule has 2 heterocycles. The predicted octanol–water partition coefficient (Wildman–Crippen LogP) is 6.92. The lowest BCUT2D eigenvalue weighted by molar-refractivity contribution is 0.419. The largest absolute Gasteiger partial charge is 0.494 e. The zero-order valence-electron chi connectivity index (χ0n) is 20.1. The molecule has 0 amide bonds. The molecule has 0 fully saturated rings. The molecule has 2 aromatic heterocycles. The first kappa shape index (κ1) is 24.8. The highest BCUT2D eigenvalue weighted by Crippen LogP contribution is 2.33. The van der Waals surface area contributed by atoms with Gasteiger partial charge in [0.15, 0.2) is 0 Å². The van der Waals surface area contributed by atoms with E-state index in [4.69, 9.17) is 4.74 Å². The maximum Gasteiger partial charge on any atom is 0.145 e. The van der Waals surface area contributed by atoms with Crippen molar-refractivity contribution < 1.29 is 4.74 Å². The molecule has 0 aliphatic heterocycles. The van der Waals surface area contributed by atoms with E-state index in [9.17, 15) is 0 Å². The van der Waals surface area contributed by atoms with Crippen LogP contribution in [0.1, 0.15) is 39.7 Å². The van der Waals surface area contributed by atoms with Crippen molar-refractivity contribution >= 4 is 16.7 Å². The monoisotopic (exact) mass is 430 g/mol. The lowest BCUT2D eigenvalue weighted by Gasteiger charge is -2.12. The fraction of sp³-hybridized carbons (Fsp3) is 0.296. The maximum atomic E-state index is 5.60. The van der Waals surface area contributed by atoms with Crippen LogP contribution in [0, 0.1) is 6.92 Å². The van der Waals surface area contributed by atoms with Crippen LogP contribution >= 0.6 is 0 Å². The third-order valence-electron chi connectivity index (χ3n) is 4.72. The molecule has 0 spiro atoms. The summed E-state index contributed by atoms with van der Waals surface area (Å²) in [4.78, 5) is 13.4. The Balaban J connectivity index is 0.00000176. The van der Waals surface area contributed by atoms with Crippen molar-refractivity contribution in [3.05, 3.63) is 78.3 Å². The molecule has 3 aromatic rings. The van der Waals surface area contributed by atoms with E-state index in [0.717, 1.165) is 45.5 Å². The number of hydrogen-bond acceptors (Lipinski definition) is 5. The zero-order valence-corrected chi connectivity index (χ0v) is 20.1. The van der Waals surface area contributed by atoms with Gasteiger partial charge in [0, 0.05) is 23.7 Å². The lowest BCUT2D eigenvalue weighted by atomic mass is 10.1. The summed E-state index contributed by atoms with van der Waals surface area (Å²) in [7, 11) is 1.65. The molecule has 5 nitrogen and oxygen atoms in total. The molecule has 0 bridgehead atoms. The van der Waals surface area contributed by atoms with Gasteiger partial charge in [0.25, 0.3) is 0 Å². The van der Waals surface area contributed by atoms with E-state index in [1.54, 1.807) is 13.4 Å². The topological polar surface area (TPSA) is 59.9 Å². The highest BCUT2D eigenvalue weighted by molar-refractivity contribution is 5.96. The molecule has 0 saturated heterocycles. The highest BCUT2D eigenvalue weighted by atomic mass is 16.5. The van der Waals surface area contributed by atoms with E-state index in [1.165, 1.54) is 5.57 Å². The minimum atomic E-state index is 0.581. The molecule has 0 unspecified atom stereocenters. The molecule has 32 heavy (non-hydrogen) atoms. The smallest absolute Gasteiger partial charge is 0.145 e. The normalized spacial score (nSPS) is 11.2. The maximum absolute atomic E-state index is 5.60. The Hall–Kier alpha value is -3.47. The Labute approximate surface area is 192 Å². The first-order valence-corrected chi connectivity index (χ1v) is 11.0. The third kappa shape index (κ3) is 6.51. The van der Waals surface area contributed by atoms with Crippen molar-refractivity contribution in [1.82, 2.24) is 15.0 Å². The molecule has 3 rings (SSSR count). The summed E-state index contributed by atoms with van der Waals surface area (Å²) in [6, 6.07) is 8.06. The summed E-state index contributed by atoms with van der Waals surface area (Å²) < 4.78 is 5.60. The van der Waals surface area contributed by atoms with Crippen molar-refractivity contribution in [2.24, 2.45) is 0 Å². The molecular weight excluding hydrogens is 396 g/mol. The Kier molecular flexibility index (Phi) is 9.61. The van der Waals surface area contributed by atoms with Crippen LogP contribution in [0.2, 0.25) is 0 Å². The van der Waals surface area contributed by atoms with Crippen molar-refractivity contribution in [2.75, 3.05) is 19.0 Å². The zero-order chi connectivity index (χ0) is 23.5. The number of ether oxygens (including phenoxy) is 1. The number of nitrogens with one attached hydrogen (secondary N) is 1. The van der Waals surface area contributed by atoms with E-state index in [2.05, 4.69) is 52.8 Å². The number of anilines is 1. The Bertz CT molecular complexity index is 1100. The second-order valence-electron chi connectivity index (χ2n) is 7.22. The standard InChI is InChI=1S/C25H28N4O.C2H6/c1-6-7-17(2)8-9-18(3)15-27-25-21-12-20(22-11-10-19(4)14-26-22)13-23(30-5)24(21)28-16-29-25;1-2/h7-14,16H,3,6,15H2,1-2,4-5H3,(H,27,28,29);1-2H3/b9-8-,17-7+;. The molecule has 0 atom stereocenters. The number of benzene rings is 1. The van der Waals surface area contributed by atoms with Gasteiger partial charge in [-0.05, 0) is 49.6 Å². The average molecular weight is 431 g/mol. The number of hydrogen-bond donors (Lipinski definition) is 1. The number of pyridine rings is 1. The van der Waals surface area contributed by atoms with Crippen LogP contribution in [0.25, 0.3) is 22.2 Å². The van der Waals surface area contributed by atoms with Crippen molar-refractivity contribution in [3.63, 3.8) is 0 Å². The van der Waals surface area contributed by atoms with Gasteiger partial charge in [-0.1, -0.05) is 57.2 Å². The van der Waals surface area contributed by atoms with Crippen LogP contribution in [-0.2, 0) is 0 Å². The summed E-state index contributed by atoms with van der Waals surface area (Å²) in [5, 5.41) is 4.27. The molecule has 1 aromatic carbocycles. The van der Waals surface area contributed by atoms with E-state index < -0.39 is 0 Å². The summed E-state index contributed by atoms with van der Waals surface area (Å²) in [6.07, 6.45) is 10.7. The Morgan fingerprint density at radius 3 is 2.56 bits per heavy atom. The molecule has 1 N–H and O–H groups in total. The number of aryl methyl sites for hydroxylation is 1. The molecule has 0 aliphatic rings. The first-order valence-electron chi connectivity index (χ1n) is 11.0. The predicted molar refractivity (Wildman–Crippen MR) is 136 cm³/mol. The van der Waals surface area contributed by atoms with Crippen LogP contribution in [0.3, 0.4) is 0 Å². The molecule has 0 saturated carbocycles. The average Bonchev–Trinajstić information content (AvgIpc) is 2.82. The molecule has 0 radical (unpaired) electrons. The van der Waals surface area contributed by atoms with Gasteiger partial charge in [-0.15, -0.1) is 0 Å². The fourth-order valence-corrected chi connectivity index (χ4v) is 3.11. The number of aromatic nitrogens is 3. The lowest BCUT2D eigenvalue weighted by Crippen LogP contribution is -2.06. The summed E-state index contributed by atoms with van der Waals surface area (Å²) in [5.74, 6) is 1.43. The molecular formula is C27H34N4O. The van der Waals surface area contributed by atoms with E-state index >= 15 is 0 Å². The van der Waals surface area contributed by atoms with Crippen molar-refractivity contribution in [1.29, 1.82) is 0 Å². The molecule has 0 aliphatic carbocycles. The summed E-state index contributed by atoms with van der Waals surface area (Å²) >= 11 is 0. The number of nitrogens with zero attached hydrogens (tertiary/aromatic N) is 3. The molecule has 168 valence electrons. The van der Waals surface area contributed by atoms with E-state index in [-0.39, 0.29) is 0 Å². The number of allylic oxidation sites excluding steroid dienone is 3. The summed E-state index contributed by atoms with van der Waals surface area (Å²) in [6.45, 7) is 15.0. The van der Waals surface area contributed by atoms with Gasteiger partial charge in [0.1, 0.15) is 23.4 Å². The number of methoxy groups -OCH3 is 1. The third-order valence-corrected chi connectivity index (χ3v) is 4.72. The van der Waals surface area contributed by atoms with Crippen LogP contribution in [-0.4, -0.2) is 28.6 Å². The van der Waals surface area contributed by atoms with Gasteiger partial charge < -0.3 is 10.1 Å².